The number of nitrogens with one attached hydrogen (secondary N) is 1. The molecule has 2 aromatic carbocycles. The topological polar surface area (TPSA) is 67.8 Å². The first-order valence-electron chi connectivity index (χ1n) is 9.00. The maximum atomic E-state index is 10.4. The van der Waals surface area contributed by atoms with Gasteiger partial charge in [0.05, 0.1) is 26.2 Å². The van der Waals surface area contributed by atoms with Crippen molar-refractivity contribution in [1.82, 2.24) is 5.32 Å². The second-order valence-corrected chi connectivity index (χ2v) is 6.03. The maximum absolute atomic E-state index is 10.4. The highest BCUT2D eigenvalue weighted by atomic mass is 16.5. The number of rotatable bonds is 13. The van der Waals surface area contributed by atoms with Crippen LogP contribution in [0.25, 0.3) is 0 Å². The third kappa shape index (κ3) is 8.65. The van der Waals surface area contributed by atoms with Crippen LogP contribution in [0.15, 0.2) is 54.6 Å². The molecule has 5 nitrogen and oxygen atoms in total. The van der Waals surface area contributed by atoms with Gasteiger partial charge in [0.1, 0.15) is 5.75 Å². The standard InChI is InChI=1S/C21H27NO4/c23-21(24)12-14-22-13-11-18-7-9-20(10-8-18)26-16-4-15-25-17-19-5-2-1-3-6-19/h1-3,5-10,22H,4,11-17H2,(H,23,24). The number of carboxylic acids is 1. The number of benzene rings is 2. The fraction of sp³-hybridized carbons (Fsp3) is 0.381. The van der Waals surface area contributed by atoms with Gasteiger partial charge in [-0.1, -0.05) is 42.5 Å². The van der Waals surface area contributed by atoms with E-state index in [1.807, 2.05) is 42.5 Å². The van der Waals surface area contributed by atoms with Crippen molar-refractivity contribution in [1.29, 1.82) is 0 Å². The van der Waals surface area contributed by atoms with Gasteiger partial charge < -0.3 is 19.9 Å². The van der Waals surface area contributed by atoms with Crippen LogP contribution in [0, 0.1) is 0 Å². The van der Waals surface area contributed by atoms with Crippen LogP contribution in [-0.4, -0.2) is 37.4 Å². The van der Waals surface area contributed by atoms with Gasteiger partial charge in [-0.05, 0) is 36.2 Å². The average Bonchev–Trinajstić information content (AvgIpc) is 2.66. The zero-order chi connectivity index (χ0) is 18.5. The highest BCUT2D eigenvalue weighted by molar-refractivity contribution is 5.66. The van der Waals surface area contributed by atoms with Crippen LogP contribution in [0.5, 0.6) is 5.75 Å². The first kappa shape index (κ1) is 19.9. The van der Waals surface area contributed by atoms with Crippen LogP contribution in [0.2, 0.25) is 0 Å². The number of ether oxygens (including phenoxy) is 2. The molecule has 0 fully saturated rings. The molecule has 2 rings (SSSR count). The molecule has 0 spiro atoms. The summed E-state index contributed by atoms with van der Waals surface area (Å²) in [4.78, 5) is 10.4. The summed E-state index contributed by atoms with van der Waals surface area (Å²) in [5.74, 6) is 0.0834. The molecule has 5 heteroatoms. The van der Waals surface area contributed by atoms with Gasteiger partial charge >= 0.3 is 5.97 Å². The van der Waals surface area contributed by atoms with Crippen molar-refractivity contribution in [3.63, 3.8) is 0 Å². The normalized spacial score (nSPS) is 10.6. The van der Waals surface area contributed by atoms with Crippen molar-refractivity contribution in [3.8, 4) is 5.75 Å². The highest BCUT2D eigenvalue weighted by Gasteiger charge is 1.99. The zero-order valence-electron chi connectivity index (χ0n) is 15.0. The second kappa shape index (κ2) is 12.1. The first-order chi connectivity index (χ1) is 12.7. The highest BCUT2D eigenvalue weighted by Crippen LogP contribution is 2.12. The minimum absolute atomic E-state index is 0.155. The number of carbonyl (C=O) groups is 1. The lowest BCUT2D eigenvalue weighted by Crippen LogP contribution is -2.20. The van der Waals surface area contributed by atoms with Crippen molar-refractivity contribution in [2.75, 3.05) is 26.3 Å². The van der Waals surface area contributed by atoms with Crippen molar-refractivity contribution < 1.29 is 19.4 Å². The van der Waals surface area contributed by atoms with E-state index in [9.17, 15) is 4.79 Å². The zero-order valence-corrected chi connectivity index (χ0v) is 15.0. The van der Waals surface area contributed by atoms with E-state index in [0.717, 1.165) is 25.1 Å². The van der Waals surface area contributed by atoms with Crippen LogP contribution >= 0.6 is 0 Å². The van der Waals surface area contributed by atoms with Crippen LogP contribution in [0.3, 0.4) is 0 Å². The third-order valence-electron chi connectivity index (χ3n) is 3.84. The van der Waals surface area contributed by atoms with Gasteiger partial charge in [0.15, 0.2) is 0 Å². The van der Waals surface area contributed by atoms with Crippen LogP contribution < -0.4 is 10.1 Å². The maximum Gasteiger partial charge on any atom is 0.304 e. The molecular weight excluding hydrogens is 330 g/mol. The van der Waals surface area contributed by atoms with Crippen LogP contribution in [0.4, 0.5) is 0 Å². The van der Waals surface area contributed by atoms with E-state index in [4.69, 9.17) is 14.6 Å². The molecule has 0 aliphatic carbocycles. The summed E-state index contributed by atoms with van der Waals surface area (Å²) in [6.07, 6.45) is 1.87. The number of hydrogen-bond acceptors (Lipinski definition) is 4. The van der Waals surface area contributed by atoms with E-state index in [-0.39, 0.29) is 6.42 Å². The van der Waals surface area contributed by atoms with Gasteiger partial charge in [-0.15, -0.1) is 0 Å². The second-order valence-electron chi connectivity index (χ2n) is 6.03. The Hall–Kier alpha value is -2.37. The number of carboxylic acid groups (broad SMARTS) is 1. The smallest absolute Gasteiger partial charge is 0.304 e. The molecule has 0 aliphatic rings. The van der Waals surface area contributed by atoms with E-state index in [0.29, 0.717) is 26.4 Å². The summed E-state index contributed by atoms with van der Waals surface area (Å²) < 4.78 is 11.4. The minimum atomic E-state index is -0.774. The Bertz CT molecular complexity index is 628. The molecule has 0 atom stereocenters. The molecule has 2 aromatic rings. The molecule has 26 heavy (non-hydrogen) atoms. The quantitative estimate of drug-likeness (QED) is 0.539. The van der Waals surface area contributed by atoms with Gasteiger partial charge in [0.25, 0.3) is 0 Å². The largest absolute Gasteiger partial charge is 0.494 e. The summed E-state index contributed by atoms with van der Waals surface area (Å²) in [7, 11) is 0. The summed E-state index contributed by atoms with van der Waals surface area (Å²) in [5.41, 5.74) is 2.38. The Labute approximate surface area is 155 Å². The summed E-state index contributed by atoms with van der Waals surface area (Å²) in [6.45, 7) is 3.21. The molecule has 0 aromatic heterocycles. The van der Waals surface area contributed by atoms with E-state index < -0.39 is 5.97 Å². The molecular formula is C21H27NO4. The average molecular weight is 357 g/mol. The van der Waals surface area contributed by atoms with Crippen molar-refractivity contribution in [2.24, 2.45) is 0 Å². The van der Waals surface area contributed by atoms with Gasteiger partial charge in [-0.25, -0.2) is 0 Å². The molecule has 0 heterocycles. The van der Waals surface area contributed by atoms with Crippen LogP contribution in [-0.2, 0) is 22.6 Å². The van der Waals surface area contributed by atoms with Gasteiger partial charge in [-0.2, -0.15) is 0 Å². The number of aliphatic carboxylic acids is 1. The predicted octanol–water partition coefficient (Wildman–Crippen LogP) is 3.28. The summed E-state index contributed by atoms with van der Waals surface area (Å²) >= 11 is 0. The summed E-state index contributed by atoms with van der Waals surface area (Å²) in [6, 6.07) is 18.2. The molecule has 140 valence electrons. The molecule has 0 saturated carbocycles. The Morgan fingerprint density at radius 1 is 0.923 bits per heavy atom. The van der Waals surface area contributed by atoms with Gasteiger partial charge in [-0.3, -0.25) is 4.79 Å². The molecule has 0 bridgehead atoms. The van der Waals surface area contributed by atoms with Crippen LogP contribution in [0.1, 0.15) is 24.0 Å². The summed E-state index contributed by atoms with van der Waals surface area (Å²) in [5, 5.41) is 11.7. The Kier molecular flexibility index (Phi) is 9.25. The first-order valence-corrected chi connectivity index (χ1v) is 9.00. The Morgan fingerprint density at radius 2 is 1.69 bits per heavy atom. The van der Waals surface area contributed by atoms with E-state index in [2.05, 4.69) is 17.4 Å². The fourth-order valence-electron chi connectivity index (χ4n) is 2.42. The molecule has 2 N–H and O–H groups in total. The van der Waals surface area contributed by atoms with E-state index in [1.165, 1.54) is 11.1 Å². The third-order valence-corrected chi connectivity index (χ3v) is 3.84. The molecule has 0 aliphatic heterocycles. The molecule has 0 unspecified atom stereocenters. The van der Waals surface area contributed by atoms with E-state index in [1.54, 1.807) is 0 Å². The minimum Gasteiger partial charge on any atom is -0.494 e. The Morgan fingerprint density at radius 3 is 2.42 bits per heavy atom. The van der Waals surface area contributed by atoms with Crippen molar-refractivity contribution >= 4 is 5.97 Å². The SMILES string of the molecule is O=C(O)CCNCCc1ccc(OCCCOCc2ccccc2)cc1. The fourth-order valence-corrected chi connectivity index (χ4v) is 2.42. The van der Waals surface area contributed by atoms with Gasteiger partial charge in [0, 0.05) is 13.0 Å². The van der Waals surface area contributed by atoms with Gasteiger partial charge in [0.2, 0.25) is 0 Å². The molecule has 0 amide bonds. The lowest BCUT2D eigenvalue weighted by molar-refractivity contribution is -0.136. The number of hydrogen-bond donors (Lipinski definition) is 2. The van der Waals surface area contributed by atoms with Crippen molar-refractivity contribution in [3.05, 3.63) is 65.7 Å². The van der Waals surface area contributed by atoms with Crippen molar-refractivity contribution in [2.45, 2.75) is 25.9 Å². The molecule has 0 radical (unpaired) electrons. The Balaban J connectivity index is 1.52. The monoisotopic (exact) mass is 357 g/mol. The molecule has 0 saturated heterocycles. The predicted molar refractivity (Wildman–Crippen MR) is 101 cm³/mol. The lowest BCUT2D eigenvalue weighted by atomic mass is 10.1. The van der Waals surface area contributed by atoms with E-state index >= 15 is 0 Å². The lowest BCUT2D eigenvalue weighted by Gasteiger charge is -2.08.